The number of carbonyl (C=O) groups excluding carboxylic acids is 1. The topological polar surface area (TPSA) is 65.4 Å². The Morgan fingerprint density at radius 3 is 3.09 bits per heavy atom. The SMILES string of the molecule is CC(C)=CCO[C@@H]1CCOC[C@@H]1NC(=O)Cn1nccc1C. The lowest BCUT2D eigenvalue weighted by Crippen LogP contribution is -2.51. The first kappa shape index (κ1) is 16.7. The first-order chi connectivity index (χ1) is 10.6. The molecule has 1 saturated heterocycles. The fourth-order valence-corrected chi connectivity index (χ4v) is 2.34. The van der Waals surface area contributed by atoms with Crippen molar-refractivity contribution in [2.45, 2.75) is 45.9 Å². The number of carbonyl (C=O) groups is 1. The van der Waals surface area contributed by atoms with Crippen LogP contribution in [0.5, 0.6) is 0 Å². The summed E-state index contributed by atoms with van der Waals surface area (Å²) in [6, 6.07) is 1.77. The Balaban J connectivity index is 1.86. The van der Waals surface area contributed by atoms with Gasteiger partial charge >= 0.3 is 0 Å². The minimum atomic E-state index is -0.109. The van der Waals surface area contributed by atoms with Crippen molar-refractivity contribution in [3.8, 4) is 0 Å². The zero-order valence-corrected chi connectivity index (χ0v) is 13.5. The molecule has 122 valence electrons. The van der Waals surface area contributed by atoms with Gasteiger partial charge in [0.25, 0.3) is 0 Å². The van der Waals surface area contributed by atoms with Crippen molar-refractivity contribution in [3.05, 3.63) is 29.6 Å². The van der Waals surface area contributed by atoms with E-state index in [9.17, 15) is 4.79 Å². The minimum absolute atomic E-state index is 0.00739. The lowest BCUT2D eigenvalue weighted by molar-refractivity contribution is -0.126. The van der Waals surface area contributed by atoms with E-state index in [1.165, 1.54) is 5.57 Å². The fourth-order valence-electron chi connectivity index (χ4n) is 2.34. The van der Waals surface area contributed by atoms with Gasteiger partial charge < -0.3 is 14.8 Å². The summed E-state index contributed by atoms with van der Waals surface area (Å²) in [5.41, 5.74) is 2.19. The standard InChI is InChI=1S/C16H25N3O3/c1-12(2)5-9-22-15-6-8-21-11-14(15)18-16(20)10-19-13(3)4-7-17-19/h4-5,7,14-15H,6,8-11H2,1-3H3,(H,18,20)/t14-,15+/m0/s1. The van der Waals surface area contributed by atoms with Crippen LogP contribution in [0.2, 0.25) is 0 Å². The summed E-state index contributed by atoms with van der Waals surface area (Å²) in [5, 5.41) is 7.12. The van der Waals surface area contributed by atoms with Gasteiger partial charge in [-0.25, -0.2) is 0 Å². The highest BCUT2D eigenvalue weighted by Crippen LogP contribution is 2.12. The average Bonchev–Trinajstić information content (AvgIpc) is 2.85. The molecule has 1 aliphatic rings. The lowest BCUT2D eigenvalue weighted by atomic mass is 10.1. The summed E-state index contributed by atoms with van der Waals surface area (Å²) >= 11 is 0. The number of nitrogens with one attached hydrogen (secondary N) is 1. The highest BCUT2D eigenvalue weighted by Gasteiger charge is 2.27. The molecule has 0 spiro atoms. The highest BCUT2D eigenvalue weighted by atomic mass is 16.5. The number of aromatic nitrogens is 2. The van der Waals surface area contributed by atoms with Crippen molar-refractivity contribution >= 4 is 5.91 Å². The monoisotopic (exact) mass is 307 g/mol. The molecule has 2 rings (SSSR count). The maximum Gasteiger partial charge on any atom is 0.242 e. The smallest absolute Gasteiger partial charge is 0.242 e. The average molecular weight is 307 g/mol. The van der Waals surface area contributed by atoms with Crippen LogP contribution < -0.4 is 5.32 Å². The molecule has 1 N–H and O–H groups in total. The molecule has 0 saturated carbocycles. The van der Waals surface area contributed by atoms with Crippen molar-refractivity contribution in [1.29, 1.82) is 0 Å². The molecule has 0 bridgehead atoms. The Bertz CT molecular complexity index is 520. The maximum atomic E-state index is 12.2. The summed E-state index contributed by atoms with van der Waals surface area (Å²) < 4.78 is 13.0. The molecule has 0 aromatic carbocycles. The van der Waals surface area contributed by atoms with Gasteiger partial charge in [-0.05, 0) is 33.3 Å². The maximum absolute atomic E-state index is 12.2. The number of hydrogen-bond donors (Lipinski definition) is 1. The van der Waals surface area contributed by atoms with Crippen LogP contribution in [-0.4, -0.2) is 47.7 Å². The van der Waals surface area contributed by atoms with Crippen LogP contribution in [0.4, 0.5) is 0 Å². The second-order valence-electron chi connectivity index (χ2n) is 5.82. The van der Waals surface area contributed by atoms with Crippen molar-refractivity contribution in [3.63, 3.8) is 0 Å². The third-order valence-corrected chi connectivity index (χ3v) is 3.66. The van der Waals surface area contributed by atoms with Gasteiger partial charge in [0, 0.05) is 18.5 Å². The Morgan fingerprint density at radius 2 is 2.41 bits per heavy atom. The molecular weight excluding hydrogens is 282 g/mol. The largest absolute Gasteiger partial charge is 0.379 e. The van der Waals surface area contributed by atoms with Gasteiger partial charge in [-0.3, -0.25) is 9.48 Å². The third kappa shape index (κ3) is 4.96. The van der Waals surface area contributed by atoms with E-state index in [2.05, 4.69) is 10.4 Å². The number of amides is 1. The Morgan fingerprint density at radius 1 is 1.59 bits per heavy atom. The molecule has 1 fully saturated rings. The molecular formula is C16H25N3O3. The van der Waals surface area contributed by atoms with E-state index in [-0.39, 0.29) is 24.6 Å². The van der Waals surface area contributed by atoms with Gasteiger partial charge in [-0.1, -0.05) is 11.6 Å². The number of rotatable bonds is 6. The molecule has 2 heterocycles. The molecule has 1 amide bonds. The number of nitrogens with zero attached hydrogens (tertiary/aromatic N) is 2. The van der Waals surface area contributed by atoms with Crippen LogP contribution in [-0.2, 0) is 20.8 Å². The van der Waals surface area contributed by atoms with Crippen LogP contribution in [0.1, 0.15) is 26.0 Å². The first-order valence-corrected chi connectivity index (χ1v) is 7.66. The van der Waals surface area contributed by atoms with E-state index in [4.69, 9.17) is 9.47 Å². The van der Waals surface area contributed by atoms with Gasteiger partial charge in [0.1, 0.15) is 6.54 Å². The predicted molar refractivity (Wildman–Crippen MR) is 83.5 cm³/mol. The number of ether oxygens (including phenoxy) is 2. The molecule has 2 atom stereocenters. The summed E-state index contributed by atoms with van der Waals surface area (Å²) in [5.74, 6) is -0.0712. The Hall–Kier alpha value is -1.66. The van der Waals surface area contributed by atoms with Crippen LogP contribution in [0.3, 0.4) is 0 Å². The molecule has 1 aromatic heterocycles. The second-order valence-corrected chi connectivity index (χ2v) is 5.82. The van der Waals surface area contributed by atoms with Gasteiger partial charge in [0.2, 0.25) is 5.91 Å². The van der Waals surface area contributed by atoms with Crippen LogP contribution in [0, 0.1) is 6.92 Å². The van der Waals surface area contributed by atoms with Crippen LogP contribution in [0.25, 0.3) is 0 Å². The van der Waals surface area contributed by atoms with E-state index in [1.54, 1.807) is 10.9 Å². The molecule has 6 nitrogen and oxygen atoms in total. The van der Waals surface area contributed by atoms with E-state index in [1.807, 2.05) is 32.9 Å². The molecule has 1 aliphatic heterocycles. The van der Waals surface area contributed by atoms with E-state index < -0.39 is 0 Å². The summed E-state index contributed by atoms with van der Waals surface area (Å²) in [6.45, 7) is 7.95. The summed E-state index contributed by atoms with van der Waals surface area (Å²) in [6.07, 6.45) is 4.52. The van der Waals surface area contributed by atoms with Crippen LogP contribution in [0.15, 0.2) is 23.9 Å². The van der Waals surface area contributed by atoms with Crippen molar-refractivity contribution in [2.75, 3.05) is 19.8 Å². The summed E-state index contributed by atoms with van der Waals surface area (Å²) in [7, 11) is 0. The van der Waals surface area contributed by atoms with Crippen molar-refractivity contribution < 1.29 is 14.3 Å². The fraction of sp³-hybridized carbons (Fsp3) is 0.625. The highest BCUT2D eigenvalue weighted by molar-refractivity contribution is 5.76. The molecule has 0 aliphatic carbocycles. The van der Waals surface area contributed by atoms with Crippen molar-refractivity contribution in [2.24, 2.45) is 0 Å². The Labute approximate surface area is 131 Å². The van der Waals surface area contributed by atoms with Gasteiger partial charge in [0.15, 0.2) is 0 Å². The van der Waals surface area contributed by atoms with Gasteiger partial charge in [0.05, 0.1) is 25.4 Å². The predicted octanol–water partition coefficient (Wildman–Crippen LogP) is 1.45. The zero-order valence-electron chi connectivity index (χ0n) is 13.5. The number of aryl methyl sites for hydroxylation is 1. The van der Waals surface area contributed by atoms with Gasteiger partial charge in [-0.15, -0.1) is 0 Å². The Kier molecular flexibility index (Phi) is 6.15. The first-order valence-electron chi connectivity index (χ1n) is 7.66. The normalized spacial score (nSPS) is 21.4. The molecule has 22 heavy (non-hydrogen) atoms. The number of allylic oxidation sites excluding steroid dienone is 1. The lowest BCUT2D eigenvalue weighted by Gasteiger charge is -2.31. The zero-order chi connectivity index (χ0) is 15.9. The van der Waals surface area contributed by atoms with Crippen LogP contribution >= 0.6 is 0 Å². The molecule has 0 unspecified atom stereocenters. The quantitative estimate of drug-likeness (QED) is 0.808. The summed E-state index contributed by atoms with van der Waals surface area (Å²) in [4.78, 5) is 12.2. The second kappa shape index (κ2) is 8.10. The van der Waals surface area contributed by atoms with Crippen molar-refractivity contribution in [1.82, 2.24) is 15.1 Å². The minimum Gasteiger partial charge on any atom is -0.379 e. The van der Waals surface area contributed by atoms with E-state index in [0.29, 0.717) is 19.8 Å². The van der Waals surface area contributed by atoms with E-state index >= 15 is 0 Å². The van der Waals surface area contributed by atoms with E-state index in [0.717, 1.165) is 12.1 Å². The molecule has 0 radical (unpaired) electrons. The number of hydrogen-bond acceptors (Lipinski definition) is 4. The van der Waals surface area contributed by atoms with Gasteiger partial charge in [-0.2, -0.15) is 5.10 Å². The molecule has 6 heteroatoms. The third-order valence-electron chi connectivity index (χ3n) is 3.66. The molecule has 1 aromatic rings.